The van der Waals surface area contributed by atoms with Crippen LogP contribution in [0.1, 0.15) is 29.6 Å². The van der Waals surface area contributed by atoms with Crippen LogP contribution < -0.4 is 4.31 Å². The molecule has 0 aliphatic carbocycles. The molecule has 0 bridgehead atoms. The highest BCUT2D eigenvalue weighted by Crippen LogP contribution is 2.24. The van der Waals surface area contributed by atoms with Crippen LogP contribution in [0.5, 0.6) is 0 Å². The normalized spacial score (nSPS) is 14.7. The summed E-state index contributed by atoms with van der Waals surface area (Å²) in [5.74, 6) is -0.267. The average Bonchev–Trinajstić information content (AvgIpc) is 2.80. The molecule has 30 heavy (non-hydrogen) atoms. The second kappa shape index (κ2) is 9.74. The summed E-state index contributed by atoms with van der Waals surface area (Å²) in [5, 5.41) is 8.99. The van der Waals surface area contributed by atoms with Crippen LogP contribution in [-0.2, 0) is 14.8 Å². The molecule has 0 unspecified atom stereocenters. The average molecular weight is 428 g/mol. The SMILES string of the molecule is CN(c1ccccc1)S(=O)(=O)c1cccc(C(=O)N(CCC#N)C2CCOCC2)c1. The molecule has 158 valence electrons. The van der Waals surface area contributed by atoms with Crippen molar-refractivity contribution in [1.82, 2.24) is 4.90 Å². The minimum Gasteiger partial charge on any atom is -0.381 e. The molecular weight excluding hydrogens is 402 g/mol. The Morgan fingerprint density at radius 3 is 2.50 bits per heavy atom. The van der Waals surface area contributed by atoms with Gasteiger partial charge in [-0.3, -0.25) is 9.10 Å². The highest BCUT2D eigenvalue weighted by atomic mass is 32.2. The minimum absolute atomic E-state index is 0.0214. The fourth-order valence-electron chi connectivity index (χ4n) is 3.51. The summed E-state index contributed by atoms with van der Waals surface area (Å²) < 4.78 is 32.8. The van der Waals surface area contributed by atoms with Gasteiger partial charge < -0.3 is 9.64 Å². The van der Waals surface area contributed by atoms with E-state index in [1.54, 1.807) is 41.3 Å². The second-order valence-electron chi connectivity index (χ2n) is 7.09. The number of ether oxygens (including phenoxy) is 1. The summed E-state index contributed by atoms with van der Waals surface area (Å²) in [6, 6.07) is 16.9. The summed E-state index contributed by atoms with van der Waals surface area (Å²) in [7, 11) is -2.34. The zero-order valence-corrected chi connectivity index (χ0v) is 17.7. The van der Waals surface area contributed by atoms with E-state index < -0.39 is 10.0 Å². The van der Waals surface area contributed by atoms with Crippen molar-refractivity contribution >= 4 is 21.6 Å². The second-order valence-corrected chi connectivity index (χ2v) is 9.06. The van der Waals surface area contributed by atoms with Gasteiger partial charge in [0.05, 0.1) is 23.1 Å². The molecule has 1 aliphatic heterocycles. The molecule has 0 atom stereocenters. The van der Waals surface area contributed by atoms with Gasteiger partial charge in [0.25, 0.3) is 15.9 Å². The number of nitriles is 1. The molecule has 0 N–H and O–H groups in total. The Morgan fingerprint density at radius 2 is 1.83 bits per heavy atom. The molecule has 0 aromatic heterocycles. The standard InChI is InChI=1S/C22H25N3O4S/c1-24(19-8-3-2-4-9-19)30(27,28)21-10-5-7-18(17-21)22(26)25(14-6-13-23)20-11-15-29-16-12-20/h2-5,7-10,17,20H,6,11-12,14-16H2,1H3. The summed E-state index contributed by atoms with van der Waals surface area (Å²) in [5.41, 5.74) is 0.828. The largest absolute Gasteiger partial charge is 0.381 e. The van der Waals surface area contributed by atoms with E-state index in [1.807, 2.05) is 6.07 Å². The maximum absolute atomic E-state index is 13.2. The van der Waals surface area contributed by atoms with Gasteiger partial charge in [-0.05, 0) is 43.2 Å². The van der Waals surface area contributed by atoms with Gasteiger partial charge in [0.15, 0.2) is 0 Å². The topological polar surface area (TPSA) is 90.7 Å². The van der Waals surface area contributed by atoms with Crippen molar-refractivity contribution in [3.63, 3.8) is 0 Å². The molecule has 1 fully saturated rings. The smallest absolute Gasteiger partial charge is 0.264 e. The quantitative estimate of drug-likeness (QED) is 0.677. The highest BCUT2D eigenvalue weighted by molar-refractivity contribution is 7.92. The number of carbonyl (C=O) groups excluding carboxylic acids is 1. The van der Waals surface area contributed by atoms with E-state index >= 15 is 0 Å². The van der Waals surface area contributed by atoms with Crippen molar-refractivity contribution in [2.75, 3.05) is 31.1 Å². The fourth-order valence-corrected chi connectivity index (χ4v) is 4.75. The molecule has 3 rings (SSSR count). The van der Waals surface area contributed by atoms with Crippen LogP contribution in [-0.4, -0.2) is 52.1 Å². The van der Waals surface area contributed by atoms with Gasteiger partial charge >= 0.3 is 0 Å². The minimum atomic E-state index is -3.83. The molecular formula is C22H25N3O4S. The van der Waals surface area contributed by atoms with Gasteiger partial charge in [0, 0.05) is 38.4 Å². The Labute approximate surface area is 177 Å². The number of benzene rings is 2. The number of para-hydroxylation sites is 1. The number of amides is 1. The lowest BCUT2D eigenvalue weighted by atomic mass is 10.0. The van der Waals surface area contributed by atoms with E-state index in [2.05, 4.69) is 6.07 Å². The van der Waals surface area contributed by atoms with Crippen LogP contribution in [0.15, 0.2) is 59.5 Å². The van der Waals surface area contributed by atoms with Gasteiger partial charge in [-0.2, -0.15) is 5.26 Å². The molecule has 0 spiro atoms. The summed E-state index contributed by atoms with van der Waals surface area (Å²) >= 11 is 0. The number of anilines is 1. The van der Waals surface area contributed by atoms with E-state index in [-0.39, 0.29) is 23.3 Å². The van der Waals surface area contributed by atoms with Crippen LogP contribution in [0.2, 0.25) is 0 Å². The monoisotopic (exact) mass is 427 g/mol. The Morgan fingerprint density at radius 1 is 1.13 bits per heavy atom. The molecule has 0 radical (unpaired) electrons. The number of sulfonamides is 1. The van der Waals surface area contributed by atoms with E-state index in [4.69, 9.17) is 10.00 Å². The van der Waals surface area contributed by atoms with Crippen molar-refractivity contribution in [3.05, 3.63) is 60.2 Å². The predicted molar refractivity (Wildman–Crippen MR) is 114 cm³/mol. The van der Waals surface area contributed by atoms with E-state index in [0.717, 1.165) is 0 Å². The van der Waals surface area contributed by atoms with Crippen molar-refractivity contribution < 1.29 is 17.9 Å². The van der Waals surface area contributed by atoms with Crippen molar-refractivity contribution in [3.8, 4) is 6.07 Å². The molecule has 1 saturated heterocycles. The van der Waals surface area contributed by atoms with Crippen molar-refractivity contribution in [1.29, 1.82) is 5.26 Å². The summed E-state index contributed by atoms with van der Waals surface area (Å²) in [4.78, 5) is 15.0. The van der Waals surface area contributed by atoms with Crippen molar-refractivity contribution in [2.24, 2.45) is 0 Å². The third-order valence-electron chi connectivity index (χ3n) is 5.22. The maximum atomic E-state index is 13.2. The number of carbonyl (C=O) groups is 1. The summed E-state index contributed by atoms with van der Waals surface area (Å²) in [6.45, 7) is 1.44. The first kappa shape index (κ1) is 21.8. The molecule has 2 aromatic rings. The van der Waals surface area contributed by atoms with Gasteiger partial charge in [-0.25, -0.2) is 8.42 Å². The highest BCUT2D eigenvalue weighted by Gasteiger charge is 2.28. The van der Waals surface area contributed by atoms with Gasteiger partial charge in [0.1, 0.15) is 0 Å². The zero-order chi connectivity index (χ0) is 21.6. The van der Waals surface area contributed by atoms with E-state index in [1.165, 1.54) is 23.5 Å². The number of hydrogen-bond acceptors (Lipinski definition) is 5. The van der Waals surface area contributed by atoms with Crippen molar-refractivity contribution in [2.45, 2.75) is 30.2 Å². The third-order valence-corrected chi connectivity index (χ3v) is 7.00. The lowest BCUT2D eigenvalue weighted by Gasteiger charge is -2.34. The first-order chi connectivity index (χ1) is 14.4. The Balaban J connectivity index is 1.89. The van der Waals surface area contributed by atoms with Crippen LogP contribution in [0.25, 0.3) is 0 Å². The Kier molecular flexibility index (Phi) is 7.08. The molecule has 8 heteroatoms. The molecule has 1 aliphatic rings. The fraction of sp³-hybridized carbons (Fsp3) is 0.364. The first-order valence-corrected chi connectivity index (χ1v) is 11.3. The Bertz CT molecular complexity index is 1010. The molecule has 2 aromatic carbocycles. The molecule has 7 nitrogen and oxygen atoms in total. The van der Waals surface area contributed by atoms with Gasteiger partial charge in [0.2, 0.25) is 0 Å². The Hall–Kier alpha value is -2.89. The van der Waals surface area contributed by atoms with Crippen LogP contribution in [0.4, 0.5) is 5.69 Å². The van der Waals surface area contributed by atoms with Crippen LogP contribution in [0, 0.1) is 11.3 Å². The molecule has 0 saturated carbocycles. The third kappa shape index (κ3) is 4.81. The maximum Gasteiger partial charge on any atom is 0.264 e. The summed E-state index contributed by atoms with van der Waals surface area (Å²) in [6.07, 6.45) is 1.62. The molecule has 1 amide bonds. The first-order valence-electron chi connectivity index (χ1n) is 9.85. The molecule has 1 heterocycles. The number of rotatable bonds is 7. The van der Waals surface area contributed by atoms with Gasteiger partial charge in [-0.15, -0.1) is 0 Å². The predicted octanol–water partition coefficient (Wildman–Crippen LogP) is 3.05. The number of hydrogen-bond donors (Lipinski definition) is 0. The van der Waals surface area contributed by atoms with Gasteiger partial charge in [-0.1, -0.05) is 24.3 Å². The lowest BCUT2D eigenvalue weighted by molar-refractivity contribution is 0.0296. The number of nitrogens with zero attached hydrogens (tertiary/aromatic N) is 3. The van der Waals surface area contributed by atoms with Crippen LogP contribution in [0.3, 0.4) is 0 Å². The lowest BCUT2D eigenvalue weighted by Crippen LogP contribution is -2.44. The van der Waals surface area contributed by atoms with E-state index in [0.29, 0.717) is 43.9 Å². The van der Waals surface area contributed by atoms with Crippen LogP contribution >= 0.6 is 0 Å². The zero-order valence-electron chi connectivity index (χ0n) is 16.9. The van der Waals surface area contributed by atoms with E-state index in [9.17, 15) is 13.2 Å².